The molecule has 0 radical (unpaired) electrons. The second kappa shape index (κ2) is 7.71. The topological polar surface area (TPSA) is 31.2 Å². The van der Waals surface area contributed by atoms with E-state index in [2.05, 4.69) is 74.9 Å². The minimum Gasteiger partial charge on any atom is -0.412 e. The van der Waals surface area contributed by atoms with Crippen LogP contribution in [0.3, 0.4) is 0 Å². The summed E-state index contributed by atoms with van der Waals surface area (Å²) in [6.07, 6.45) is 4.36. The first-order chi connectivity index (χ1) is 14.4. The van der Waals surface area contributed by atoms with Gasteiger partial charge in [0, 0.05) is 21.6 Å². The van der Waals surface area contributed by atoms with Gasteiger partial charge in [0.1, 0.15) is 0 Å². The largest absolute Gasteiger partial charge is 0.412 e. The van der Waals surface area contributed by atoms with E-state index in [1.165, 1.54) is 18.4 Å². The van der Waals surface area contributed by atoms with Crippen LogP contribution in [0.15, 0.2) is 57.9 Å². The van der Waals surface area contributed by atoms with Gasteiger partial charge in [0.15, 0.2) is 8.32 Å². The predicted octanol–water partition coefficient (Wildman–Crippen LogP) is 7.33. The molecule has 1 fully saturated rings. The zero-order valence-electron chi connectivity index (χ0n) is 19.4. The van der Waals surface area contributed by atoms with E-state index in [1.54, 1.807) is 4.57 Å². The standard InChI is InChI=1S/C26H32BrNO2Si/c1-25(2,3)31(5,6)30-17-21-22(27)8-7-9-23(21)28-15-12-18-16-19(26(4)13-14-26)10-11-20(18)24(28)29/h7-12,15-16H,13-14,17H2,1-6H3. The second-order valence-electron chi connectivity index (χ2n) is 10.6. The molecule has 0 aliphatic heterocycles. The summed E-state index contributed by atoms with van der Waals surface area (Å²) in [6.45, 7) is 14.0. The molecule has 5 heteroatoms. The van der Waals surface area contributed by atoms with Crippen LogP contribution in [0.4, 0.5) is 0 Å². The molecule has 0 atom stereocenters. The van der Waals surface area contributed by atoms with Crippen molar-refractivity contribution in [3.05, 3.63) is 74.6 Å². The highest BCUT2D eigenvalue weighted by Gasteiger charge is 2.39. The minimum absolute atomic E-state index is 0.0108. The fraction of sp³-hybridized carbons (Fsp3) is 0.423. The van der Waals surface area contributed by atoms with Crippen molar-refractivity contribution in [2.45, 2.75) is 70.7 Å². The molecule has 1 heterocycles. The first-order valence-corrected chi connectivity index (χ1v) is 14.7. The quantitative estimate of drug-likeness (QED) is 0.345. The summed E-state index contributed by atoms with van der Waals surface area (Å²) in [5, 5.41) is 1.90. The van der Waals surface area contributed by atoms with Gasteiger partial charge in [-0.25, -0.2) is 0 Å². The highest BCUT2D eigenvalue weighted by molar-refractivity contribution is 9.10. The molecule has 0 spiro atoms. The van der Waals surface area contributed by atoms with Crippen molar-refractivity contribution < 1.29 is 4.43 Å². The Hall–Kier alpha value is -1.69. The molecular formula is C26H32BrNO2Si. The van der Waals surface area contributed by atoms with Crippen LogP contribution in [0.25, 0.3) is 16.5 Å². The molecule has 0 unspecified atom stereocenters. The third-order valence-corrected chi connectivity index (χ3v) is 12.6. The lowest BCUT2D eigenvalue weighted by Gasteiger charge is -2.36. The van der Waals surface area contributed by atoms with Crippen LogP contribution in [0.2, 0.25) is 18.1 Å². The van der Waals surface area contributed by atoms with Gasteiger partial charge >= 0.3 is 0 Å². The van der Waals surface area contributed by atoms with E-state index in [0.29, 0.717) is 12.0 Å². The Balaban J connectivity index is 1.75. The van der Waals surface area contributed by atoms with E-state index in [4.69, 9.17) is 4.43 Å². The summed E-state index contributed by atoms with van der Waals surface area (Å²) >= 11 is 3.70. The molecule has 2 aromatic carbocycles. The van der Waals surface area contributed by atoms with Gasteiger partial charge in [0.05, 0.1) is 12.3 Å². The van der Waals surface area contributed by atoms with Gasteiger partial charge in [-0.15, -0.1) is 0 Å². The Morgan fingerprint density at radius 1 is 1.13 bits per heavy atom. The molecule has 4 rings (SSSR count). The lowest BCUT2D eigenvalue weighted by molar-refractivity contribution is 0.275. The monoisotopic (exact) mass is 497 g/mol. The maximum absolute atomic E-state index is 13.4. The molecule has 1 aromatic heterocycles. The van der Waals surface area contributed by atoms with Crippen molar-refractivity contribution >= 4 is 35.0 Å². The van der Waals surface area contributed by atoms with Gasteiger partial charge in [-0.05, 0) is 71.6 Å². The van der Waals surface area contributed by atoms with E-state index >= 15 is 0 Å². The molecule has 164 valence electrons. The highest BCUT2D eigenvalue weighted by atomic mass is 79.9. The van der Waals surface area contributed by atoms with E-state index in [9.17, 15) is 4.79 Å². The molecule has 0 saturated heterocycles. The van der Waals surface area contributed by atoms with Crippen LogP contribution in [0.5, 0.6) is 0 Å². The first kappa shape index (κ1) is 22.5. The van der Waals surface area contributed by atoms with Crippen LogP contribution in [0.1, 0.15) is 51.7 Å². The number of nitrogens with zero attached hydrogens (tertiary/aromatic N) is 1. The highest BCUT2D eigenvalue weighted by Crippen LogP contribution is 2.48. The second-order valence-corrected chi connectivity index (χ2v) is 16.3. The Kier molecular flexibility index (Phi) is 5.60. The number of aromatic nitrogens is 1. The van der Waals surface area contributed by atoms with Crippen molar-refractivity contribution in [3.63, 3.8) is 0 Å². The number of rotatable bonds is 5. The van der Waals surface area contributed by atoms with Crippen LogP contribution in [-0.2, 0) is 16.4 Å². The predicted molar refractivity (Wildman–Crippen MR) is 136 cm³/mol. The Morgan fingerprint density at radius 2 is 1.84 bits per heavy atom. The smallest absolute Gasteiger partial charge is 0.262 e. The number of hydrogen-bond acceptors (Lipinski definition) is 2. The molecular weight excluding hydrogens is 466 g/mol. The number of hydrogen-bond donors (Lipinski definition) is 0. The average molecular weight is 499 g/mol. The molecule has 1 aliphatic carbocycles. The summed E-state index contributed by atoms with van der Waals surface area (Å²) in [5.74, 6) is 0. The number of pyridine rings is 1. The summed E-state index contributed by atoms with van der Waals surface area (Å²) in [6, 6.07) is 14.4. The van der Waals surface area contributed by atoms with Crippen molar-refractivity contribution in [2.75, 3.05) is 0 Å². The van der Waals surface area contributed by atoms with Gasteiger partial charge in [0.25, 0.3) is 5.56 Å². The molecule has 1 aliphatic rings. The third-order valence-electron chi connectivity index (χ3n) is 7.34. The van der Waals surface area contributed by atoms with E-state index < -0.39 is 8.32 Å². The van der Waals surface area contributed by atoms with Gasteiger partial charge in [-0.1, -0.05) is 61.8 Å². The summed E-state index contributed by atoms with van der Waals surface area (Å²) in [5.41, 5.74) is 3.52. The zero-order chi connectivity index (χ0) is 22.6. The number of halogens is 1. The van der Waals surface area contributed by atoms with E-state index in [-0.39, 0.29) is 10.6 Å². The van der Waals surface area contributed by atoms with Crippen molar-refractivity contribution in [1.29, 1.82) is 0 Å². The first-order valence-electron chi connectivity index (χ1n) is 11.0. The lowest BCUT2D eigenvalue weighted by Crippen LogP contribution is -2.40. The number of fused-ring (bicyclic) bond motifs is 1. The third kappa shape index (κ3) is 4.20. The average Bonchev–Trinajstić information content (AvgIpc) is 3.45. The Labute approximate surface area is 194 Å². The summed E-state index contributed by atoms with van der Waals surface area (Å²) < 4.78 is 9.23. The Morgan fingerprint density at radius 3 is 2.48 bits per heavy atom. The van der Waals surface area contributed by atoms with Gasteiger partial charge in [0.2, 0.25) is 0 Å². The summed E-state index contributed by atoms with van der Waals surface area (Å²) in [7, 11) is -1.92. The summed E-state index contributed by atoms with van der Waals surface area (Å²) in [4.78, 5) is 13.4. The van der Waals surface area contributed by atoms with Gasteiger partial charge < -0.3 is 4.43 Å². The molecule has 31 heavy (non-hydrogen) atoms. The van der Waals surface area contributed by atoms with Crippen molar-refractivity contribution in [3.8, 4) is 5.69 Å². The SMILES string of the molecule is CC1(c2ccc3c(=O)n(-c4cccc(Br)c4CO[Si](C)(C)C(C)(C)C)ccc3c2)CC1. The maximum atomic E-state index is 13.4. The van der Waals surface area contributed by atoms with E-state index in [0.717, 1.165) is 26.5 Å². The van der Waals surface area contributed by atoms with Crippen LogP contribution in [0, 0.1) is 0 Å². The van der Waals surface area contributed by atoms with Crippen molar-refractivity contribution in [1.82, 2.24) is 4.57 Å². The molecule has 3 nitrogen and oxygen atoms in total. The normalized spacial score (nSPS) is 16.0. The molecule has 1 saturated carbocycles. The Bertz CT molecular complexity index is 1200. The minimum atomic E-state index is -1.92. The van der Waals surface area contributed by atoms with Crippen LogP contribution in [-0.4, -0.2) is 12.9 Å². The van der Waals surface area contributed by atoms with Gasteiger partial charge in [-0.2, -0.15) is 0 Å². The zero-order valence-corrected chi connectivity index (χ0v) is 22.0. The lowest BCUT2D eigenvalue weighted by atomic mass is 9.96. The van der Waals surface area contributed by atoms with Crippen LogP contribution < -0.4 is 5.56 Å². The molecule has 0 N–H and O–H groups in total. The van der Waals surface area contributed by atoms with Crippen molar-refractivity contribution in [2.24, 2.45) is 0 Å². The molecule has 3 aromatic rings. The number of benzene rings is 2. The van der Waals surface area contributed by atoms with E-state index in [1.807, 2.05) is 30.5 Å². The fourth-order valence-corrected chi connectivity index (χ4v) is 5.08. The van der Waals surface area contributed by atoms with Gasteiger partial charge in [-0.3, -0.25) is 9.36 Å². The molecule has 0 amide bonds. The molecule has 0 bridgehead atoms. The van der Waals surface area contributed by atoms with Crippen LogP contribution >= 0.6 is 15.9 Å². The maximum Gasteiger partial charge on any atom is 0.262 e. The fourth-order valence-electron chi connectivity index (χ4n) is 3.67.